The van der Waals surface area contributed by atoms with Gasteiger partial charge < -0.3 is 164 Å². The molecule has 6 rings (SSSR count). The molecule has 3 aromatic rings. The fraction of sp³-hybridized carbons (Fsp3) is 0.624. The van der Waals surface area contributed by atoms with Crippen LogP contribution in [-0.2, 0) is 412 Å². The number of aryl methyl sites for hydroxylation is 1. The van der Waals surface area contributed by atoms with E-state index in [1.54, 1.807) is 6.08 Å². The van der Waals surface area contributed by atoms with Crippen LogP contribution in [0, 0.1) is 150 Å². The fourth-order valence-corrected chi connectivity index (χ4v) is 5.61. The minimum Gasteiger partial charge on any atom is -0.536 e. The first-order chi connectivity index (χ1) is 55.2. The quantitative estimate of drug-likeness (QED) is 0.0680. The van der Waals surface area contributed by atoms with E-state index < -0.39 is 0 Å². The third-order valence-electron chi connectivity index (χ3n) is 11.3. The Balaban J connectivity index is -0.0000000217. The van der Waals surface area contributed by atoms with Gasteiger partial charge in [0.2, 0.25) is 0 Å². The Morgan fingerprint density at radius 3 is 0.664 bits per heavy atom. The van der Waals surface area contributed by atoms with E-state index in [-0.39, 0.29) is 393 Å². The van der Waals surface area contributed by atoms with E-state index >= 15 is 0 Å². The van der Waals surface area contributed by atoms with Crippen LogP contribution in [-0.4, -0.2) is 76.6 Å². The monoisotopic (exact) mass is 2650 g/mol. The molecule has 12 radical (unpaired) electrons. The van der Waals surface area contributed by atoms with Gasteiger partial charge in [-0.25, -0.2) is 44.9 Å². The van der Waals surface area contributed by atoms with Gasteiger partial charge in [-0.3, -0.25) is 6.08 Å². The van der Waals surface area contributed by atoms with Crippen LogP contribution >= 0.6 is 0 Å². The van der Waals surface area contributed by atoms with Crippen molar-refractivity contribution in [1.29, 1.82) is 0 Å². The summed E-state index contributed by atoms with van der Waals surface area (Å²) < 4.78 is 0. The van der Waals surface area contributed by atoms with Gasteiger partial charge in [-0.05, 0) is 72.5 Å². The number of hydrogen-bond donors (Lipinski definition) is 0. The maximum atomic E-state index is 4.97. The van der Waals surface area contributed by atoms with Gasteiger partial charge in [-0.2, -0.15) is 160 Å². The van der Waals surface area contributed by atoms with Gasteiger partial charge in [-0.15, -0.1) is 31.5 Å². The van der Waals surface area contributed by atoms with Gasteiger partial charge in [-0.1, -0.05) is 257 Å². The molecule has 2 heterocycles. The molecule has 0 N–H and O–H groups in total. The van der Waals surface area contributed by atoms with Crippen molar-refractivity contribution in [3.63, 3.8) is 0 Å². The molecule has 0 spiro atoms. The van der Waals surface area contributed by atoms with Gasteiger partial charge in [0.25, 0.3) is 0 Å². The topological polar surface area (TPSA) is 31.2 Å². The van der Waals surface area contributed by atoms with Crippen LogP contribution in [0.25, 0.3) is 0 Å². The van der Waals surface area contributed by atoms with Crippen molar-refractivity contribution < 1.29 is 393 Å². The SMILES string of the molecule is C1CCC1.CC.CC.CC.CC.CC.CC.CC.CC.CC.CC.CC.CC.CC.CN1CCCCC1.CN1CCCCCC1.[CH-]=CCC[CH2-].[CH-]=NCC[CH2-].[CH-]=NC[CH2-].[CH2-]CCCC[CH2-].[CH2-]CCC[CH2-].[CH2-]CCC[CH2-].[CH2-]CC[CH2-].[CH2-]CC[CH2-].[CH2-]CC[CH2-].[CH2-]CCc1[c-]cccc1.[CH2-]Cc1[c-]cccc1.[CH2-]Cc1ccccc1[CH2-].[Y].[Y].[Y].[Y].[Y].[Y].[Y].[Y].[Y].[Y].[Y].[Y]. The Kier molecular flexibility index (Phi) is 623. The summed E-state index contributed by atoms with van der Waals surface area (Å²) in [6, 6.07) is 30.1. The van der Waals surface area contributed by atoms with Crippen molar-refractivity contribution >= 4 is 13.4 Å². The maximum absolute atomic E-state index is 4.97. The van der Waals surface area contributed by atoms with Crippen molar-refractivity contribution in [2.24, 2.45) is 9.98 Å². The van der Waals surface area contributed by atoms with Crippen LogP contribution in [0.2, 0.25) is 0 Å². The van der Waals surface area contributed by atoms with Crippen molar-refractivity contribution in [1.82, 2.24) is 9.80 Å². The number of likely N-dealkylation sites (tertiary alicyclic amines) is 2. The second-order valence-corrected chi connectivity index (χ2v) is 19.8. The molecule has 125 heavy (non-hydrogen) atoms. The van der Waals surface area contributed by atoms with Gasteiger partial charge in [0, 0.05) is 393 Å². The summed E-state index contributed by atoms with van der Waals surface area (Å²) in [4.78, 5) is 11.2. The molecule has 0 atom stereocenters. The van der Waals surface area contributed by atoms with E-state index in [1.807, 2.05) is 241 Å². The predicted molar refractivity (Wildman–Crippen MR) is 550 cm³/mol. The third kappa shape index (κ3) is 365. The first kappa shape index (κ1) is 237. The van der Waals surface area contributed by atoms with E-state index in [0.717, 1.165) is 128 Å². The van der Waals surface area contributed by atoms with E-state index in [9.17, 15) is 0 Å². The van der Waals surface area contributed by atoms with Crippen LogP contribution in [0.3, 0.4) is 0 Å². The number of nitrogens with zero attached hydrogens (tertiary/aromatic N) is 4. The summed E-state index contributed by atoms with van der Waals surface area (Å²) in [6.07, 6.45) is 40.7. The van der Waals surface area contributed by atoms with Crippen LogP contribution in [0.5, 0.6) is 0 Å². The zero-order valence-corrected chi connectivity index (χ0v) is 125. The van der Waals surface area contributed by atoms with Gasteiger partial charge in [0.05, 0.1) is 0 Å². The smallest absolute Gasteiger partial charge is 0 e. The van der Waals surface area contributed by atoms with Crippen LogP contribution in [0.15, 0.2) is 88.9 Å². The fourth-order valence-electron chi connectivity index (χ4n) is 5.61. The van der Waals surface area contributed by atoms with Gasteiger partial charge in [0.1, 0.15) is 0 Å². The Hall–Kier alpha value is 9.78. The van der Waals surface area contributed by atoms with Gasteiger partial charge >= 0.3 is 0 Å². The molecular formula is C109H218N4Y12-24. The number of benzene rings is 3. The van der Waals surface area contributed by atoms with E-state index in [0.29, 0.717) is 13.1 Å². The Labute approximate surface area is 1110 Å². The number of aliphatic imine (C=N–C) groups is 2. The molecule has 734 valence electrons. The van der Waals surface area contributed by atoms with Crippen LogP contribution < -0.4 is 0 Å². The zero-order valence-electron chi connectivity index (χ0n) is 90.7. The zero-order chi connectivity index (χ0) is 93.8. The summed E-state index contributed by atoms with van der Waals surface area (Å²) in [5.74, 6) is 0. The number of hydrogen-bond acceptors (Lipinski definition) is 4. The average Bonchev–Trinajstić information content (AvgIpc) is 1.09. The van der Waals surface area contributed by atoms with E-state index in [4.69, 9.17) is 13.3 Å². The summed E-state index contributed by atoms with van der Waals surface area (Å²) in [7, 11) is 4.41. The normalized spacial score (nSPS) is 8.98. The molecule has 2 aliphatic heterocycles. The first-order valence-electron chi connectivity index (χ1n) is 45.9. The molecule has 3 aliphatic rings. The minimum atomic E-state index is 0. The standard InChI is InChI=1S/2C9H10.C8H8.C7H15N.C6H13N.C6H12.2C5H10.C5H8.C4H7N.4C4H8.C3H5N.13C2H6.12Y/c1-3-9-7-5-4-6-8(9)2;1-2-6-9-7-4-3-5-8-9;1-2-8-6-4-3-5-7-8;1-8-6-4-2-3-5-7-8;1-7-5-3-2-4-6-7;1-3-5-6-4-2;3*1-3-5-4-2;1-3-4-5-2;1-2-4-3-1;4*1-3-4-2;13*1-2;;;;;;;;;;;;/h4-7H,1-3H2;3-5,7H,1-2,6H2;3-6H,1-2H2;2-7H2,1H3;2-6H2,1H3;1-6H2;2*1-5H2;1,3H,2,4-5H2;2H,1,3-4H2;4*1-4H2;2H,1,3H2;13*1-2H3;;;;;;;;;;;;/q3*-2;;;5*-2;;4*-2;;;;;;;;;;;;;;;;;;;;;;;;;. The van der Waals surface area contributed by atoms with Crippen LogP contribution in [0.1, 0.15) is 401 Å². The summed E-state index contributed by atoms with van der Waals surface area (Å²) in [5.41, 5.74) is 4.75. The molecular weight excluding hydrogens is 2430 g/mol. The van der Waals surface area contributed by atoms with Crippen molar-refractivity contribution in [3.8, 4) is 0 Å². The molecule has 3 aromatic carbocycles. The minimum absolute atomic E-state index is 0. The van der Waals surface area contributed by atoms with Crippen molar-refractivity contribution in [2.45, 2.75) is 398 Å². The molecule has 1 aliphatic carbocycles. The molecule has 4 nitrogen and oxygen atoms in total. The summed E-state index contributed by atoms with van der Waals surface area (Å²) >= 11 is 0. The molecule has 0 unspecified atom stereocenters. The average molecular weight is 2650 g/mol. The summed E-state index contributed by atoms with van der Waals surface area (Å²) in [6.45, 7) is 141. The van der Waals surface area contributed by atoms with Crippen molar-refractivity contribution in [3.05, 3.63) is 251 Å². The maximum Gasteiger partial charge on any atom is 0 e. The van der Waals surface area contributed by atoms with E-state index in [1.165, 1.54) is 139 Å². The number of piperidine rings is 1. The third-order valence-corrected chi connectivity index (χ3v) is 11.3. The van der Waals surface area contributed by atoms with Crippen LogP contribution in [0.4, 0.5) is 0 Å². The molecule has 0 bridgehead atoms. The molecule has 0 amide bonds. The van der Waals surface area contributed by atoms with E-state index in [2.05, 4.69) is 196 Å². The second kappa shape index (κ2) is 328. The Morgan fingerprint density at radius 2 is 0.536 bits per heavy atom. The Bertz CT molecular complexity index is 1500. The number of rotatable bonds is 19. The predicted octanol–water partition coefficient (Wildman–Crippen LogP) is 36.8. The summed E-state index contributed by atoms with van der Waals surface area (Å²) in [5, 5.41) is 0. The Morgan fingerprint density at radius 1 is 0.296 bits per heavy atom. The largest absolute Gasteiger partial charge is 0.536 e. The molecule has 16 heteroatoms. The second-order valence-electron chi connectivity index (χ2n) is 19.8. The number of unbranched alkanes of at least 4 members (excludes halogenated alkanes) is 11. The first-order valence-corrected chi connectivity index (χ1v) is 45.9. The molecule has 0 aromatic heterocycles. The van der Waals surface area contributed by atoms with Crippen molar-refractivity contribution in [2.75, 3.05) is 53.4 Å². The molecule has 2 saturated heterocycles. The van der Waals surface area contributed by atoms with Gasteiger partial charge in [0.15, 0.2) is 0 Å². The molecule has 1 saturated carbocycles. The molecule has 3 fully saturated rings. The number of allylic oxidation sites excluding steroid dienone is 1.